The highest BCUT2D eigenvalue weighted by Crippen LogP contribution is 2.38. The van der Waals surface area contributed by atoms with Crippen molar-refractivity contribution < 1.29 is 9.84 Å². The molecule has 2 rings (SSSR count). The molecule has 0 saturated carbocycles. The van der Waals surface area contributed by atoms with E-state index >= 15 is 0 Å². The molecule has 1 N–H and O–H groups in total. The molecular weight excluding hydrogens is 176 g/mol. The van der Waals surface area contributed by atoms with Crippen molar-refractivity contribution in [2.75, 3.05) is 6.61 Å². The van der Waals surface area contributed by atoms with E-state index in [1.807, 2.05) is 30.3 Å². The van der Waals surface area contributed by atoms with Gasteiger partial charge in [0.15, 0.2) is 0 Å². The van der Waals surface area contributed by atoms with Crippen molar-refractivity contribution in [3.05, 3.63) is 35.9 Å². The predicted octanol–water partition coefficient (Wildman–Crippen LogP) is 2.07. The zero-order valence-electron chi connectivity index (χ0n) is 8.44. The number of rotatable bonds is 2. The standard InChI is InChI=1S/C12H16O2/c1-10(13)12(8-5-9-14-12)11-6-3-2-4-7-11/h2-4,6-7,10,13H,5,8-9H2,1H3. The summed E-state index contributed by atoms with van der Waals surface area (Å²) in [6, 6.07) is 10.0. The Morgan fingerprint density at radius 1 is 1.36 bits per heavy atom. The Hall–Kier alpha value is -0.860. The van der Waals surface area contributed by atoms with Gasteiger partial charge in [0.1, 0.15) is 5.60 Å². The van der Waals surface area contributed by atoms with Gasteiger partial charge in [-0.2, -0.15) is 0 Å². The van der Waals surface area contributed by atoms with Gasteiger partial charge in [0.25, 0.3) is 0 Å². The molecule has 1 heterocycles. The van der Waals surface area contributed by atoms with Gasteiger partial charge >= 0.3 is 0 Å². The molecule has 0 amide bonds. The molecule has 14 heavy (non-hydrogen) atoms. The van der Waals surface area contributed by atoms with E-state index in [0.29, 0.717) is 0 Å². The third-order valence-electron chi connectivity index (χ3n) is 2.99. The first-order chi connectivity index (χ1) is 6.76. The molecule has 0 spiro atoms. The largest absolute Gasteiger partial charge is 0.390 e. The summed E-state index contributed by atoms with van der Waals surface area (Å²) in [4.78, 5) is 0. The number of aliphatic hydroxyl groups is 1. The molecule has 2 nitrogen and oxygen atoms in total. The summed E-state index contributed by atoms with van der Waals surface area (Å²) in [5.74, 6) is 0. The number of hydrogen-bond donors (Lipinski definition) is 1. The molecule has 2 heteroatoms. The Bertz CT molecular complexity index is 286. The second-order valence-corrected chi connectivity index (χ2v) is 3.88. The molecule has 0 bridgehead atoms. The summed E-state index contributed by atoms with van der Waals surface area (Å²) >= 11 is 0. The molecular formula is C12H16O2. The van der Waals surface area contributed by atoms with Crippen LogP contribution in [0.1, 0.15) is 25.3 Å². The summed E-state index contributed by atoms with van der Waals surface area (Å²) < 4.78 is 5.74. The van der Waals surface area contributed by atoms with Crippen LogP contribution in [0.2, 0.25) is 0 Å². The Labute approximate surface area is 84.5 Å². The second kappa shape index (κ2) is 3.71. The Balaban J connectivity index is 2.36. The highest BCUT2D eigenvalue weighted by atomic mass is 16.5. The van der Waals surface area contributed by atoms with Gasteiger partial charge in [-0.1, -0.05) is 30.3 Å². The van der Waals surface area contributed by atoms with Gasteiger partial charge < -0.3 is 9.84 Å². The van der Waals surface area contributed by atoms with Gasteiger partial charge in [0, 0.05) is 6.61 Å². The third kappa shape index (κ3) is 1.45. The van der Waals surface area contributed by atoms with Crippen molar-refractivity contribution in [1.82, 2.24) is 0 Å². The summed E-state index contributed by atoms with van der Waals surface area (Å²) in [7, 11) is 0. The van der Waals surface area contributed by atoms with Crippen LogP contribution in [-0.4, -0.2) is 17.8 Å². The first-order valence-electron chi connectivity index (χ1n) is 5.13. The van der Waals surface area contributed by atoms with Crippen LogP contribution < -0.4 is 0 Å². The lowest BCUT2D eigenvalue weighted by Crippen LogP contribution is -2.36. The van der Waals surface area contributed by atoms with Crippen LogP contribution in [0, 0.1) is 0 Å². The van der Waals surface area contributed by atoms with Crippen molar-refractivity contribution >= 4 is 0 Å². The summed E-state index contributed by atoms with van der Waals surface area (Å²) in [5.41, 5.74) is 0.633. The van der Waals surface area contributed by atoms with Crippen molar-refractivity contribution in [2.45, 2.75) is 31.5 Å². The molecule has 76 valence electrons. The van der Waals surface area contributed by atoms with Crippen molar-refractivity contribution in [3.8, 4) is 0 Å². The van der Waals surface area contributed by atoms with Crippen LogP contribution in [0.25, 0.3) is 0 Å². The van der Waals surface area contributed by atoms with Crippen LogP contribution in [0.4, 0.5) is 0 Å². The van der Waals surface area contributed by atoms with E-state index in [1.54, 1.807) is 6.92 Å². The molecule has 1 fully saturated rings. The van der Waals surface area contributed by atoms with E-state index in [9.17, 15) is 5.11 Å². The Morgan fingerprint density at radius 3 is 2.57 bits per heavy atom. The summed E-state index contributed by atoms with van der Waals surface area (Å²) in [6.07, 6.45) is 1.49. The van der Waals surface area contributed by atoms with Gasteiger partial charge in [-0.05, 0) is 25.3 Å². The lowest BCUT2D eigenvalue weighted by atomic mass is 9.86. The van der Waals surface area contributed by atoms with Crippen molar-refractivity contribution in [2.24, 2.45) is 0 Å². The average molecular weight is 192 g/mol. The van der Waals surface area contributed by atoms with Gasteiger partial charge in [-0.25, -0.2) is 0 Å². The lowest BCUT2D eigenvalue weighted by Gasteiger charge is -2.31. The first-order valence-corrected chi connectivity index (χ1v) is 5.13. The second-order valence-electron chi connectivity index (χ2n) is 3.88. The van der Waals surface area contributed by atoms with Gasteiger partial charge in [0.05, 0.1) is 6.10 Å². The molecule has 0 aromatic heterocycles. The third-order valence-corrected chi connectivity index (χ3v) is 2.99. The summed E-state index contributed by atoms with van der Waals surface area (Å²) in [5, 5.41) is 9.83. The fourth-order valence-electron chi connectivity index (χ4n) is 2.18. The highest BCUT2D eigenvalue weighted by molar-refractivity contribution is 5.24. The zero-order chi connectivity index (χ0) is 10.0. The number of benzene rings is 1. The average Bonchev–Trinajstić information content (AvgIpc) is 2.69. The minimum atomic E-state index is -0.457. The monoisotopic (exact) mass is 192 g/mol. The van der Waals surface area contributed by atoms with Gasteiger partial charge in [-0.3, -0.25) is 0 Å². The van der Waals surface area contributed by atoms with Crippen LogP contribution >= 0.6 is 0 Å². The molecule has 2 atom stereocenters. The SMILES string of the molecule is CC(O)C1(c2ccccc2)CCCO1. The van der Waals surface area contributed by atoms with E-state index < -0.39 is 11.7 Å². The molecule has 1 aliphatic rings. The molecule has 1 aliphatic heterocycles. The van der Waals surface area contributed by atoms with E-state index in [4.69, 9.17) is 4.74 Å². The minimum absolute atomic E-state index is 0.451. The lowest BCUT2D eigenvalue weighted by molar-refractivity contribution is -0.0879. The fourth-order valence-corrected chi connectivity index (χ4v) is 2.18. The molecule has 1 aromatic rings. The number of aliphatic hydroxyl groups excluding tert-OH is 1. The maximum Gasteiger partial charge on any atom is 0.119 e. The van der Waals surface area contributed by atoms with E-state index in [-0.39, 0.29) is 0 Å². The highest BCUT2D eigenvalue weighted by Gasteiger charge is 2.41. The number of hydrogen-bond acceptors (Lipinski definition) is 2. The Morgan fingerprint density at radius 2 is 2.07 bits per heavy atom. The zero-order valence-corrected chi connectivity index (χ0v) is 8.44. The molecule has 1 aromatic carbocycles. The van der Waals surface area contributed by atoms with Crippen molar-refractivity contribution in [3.63, 3.8) is 0 Å². The predicted molar refractivity (Wildman–Crippen MR) is 55.0 cm³/mol. The van der Waals surface area contributed by atoms with Crippen LogP contribution in [0.5, 0.6) is 0 Å². The molecule has 2 unspecified atom stereocenters. The van der Waals surface area contributed by atoms with E-state index in [1.165, 1.54) is 0 Å². The van der Waals surface area contributed by atoms with Crippen molar-refractivity contribution in [1.29, 1.82) is 0 Å². The smallest absolute Gasteiger partial charge is 0.119 e. The normalized spacial score (nSPS) is 29.0. The van der Waals surface area contributed by atoms with Crippen LogP contribution in [0.3, 0.4) is 0 Å². The minimum Gasteiger partial charge on any atom is -0.390 e. The molecule has 0 aliphatic carbocycles. The van der Waals surface area contributed by atoms with Crippen LogP contribution in [-0.2, 0) is 10.3 Å². The maximum absolute atomic E-state index is 9.83. The molecule has 0 radical (unpaired) electrons. The molecule has 1 saturated heterocycles. The fraction of sp³-hybridized carbons (Fsp3) is 0.500. The van der Waals surface area contributed by atoms with Crippen LogP contribution in [0.15, 0.2) is 30.3 Å². The quantitative estimate of drug-likeness (QED) is 0.777. The topological polar surface area (TPSA) is 29.5 Å². The van der Waals surface area contributed by atoms with Gasteiger partial charge in [-0.15, -0.1) is 0 Å². The van der Waals surface area contributed by atoms with E-state index in [0.717, 1.165) is 25.0 Å². The first kappa shape index (κ1) is 9.69. The number of ether oxygens (including phenoxy) is 1. The maximum atomic E-state index is 9.83. The Kier molecular flexibility index (Phi) is 2.57. The van der Waals surface area contributed by atoms with Gasteiger partial charge in [0.2, 0.25) is 0 Å². The summed E-state index contributed by atoms with van der Waals surface area (Å²) in [6.45, 7) is 2.55. The van der Waals surface area contributed by atoms with E-state index in [2.05, 4.69) is 0 Å².